The molecular weight excluding hydrogens is 293 g/mol. The van der Waals surface area contributed by atoms with Crippen LogP contribution in [0, 0.1) is 17.8 Å². The van der Waals surface area contributed by atoms with Crippen LogP contribution in [-0.4, -0.2) is 30.2 Å². The Hall–Kier alpha value is -0.780. The van der Waals surface area contributed by atoms with E-state index in [0.717, 1.165) is 19.3 Å². The third kappa shape index (κ3) is 3.71. The van der Waals surface area contributed by atoms with Crippen molar-refractivity contribution in [2.24, 2.45) is 17.8 Å². The van der Waals surface area contributed by atoms with Gasteiger partial charge in [-0.2, -0.15) is 13.5 Å². The molecule has 0 aromatic carbocycles. The average molecular weight is 319 g/mol. The summed E-state index contributed by atoms with van der Waals surface area (Å²) in [5.41, 5.74) is -2.48. The fraction of sp³-hybridized carbons (Fsp3) is 0.867. The van der Waals surface area contributed by atoms with Gasteiger partial charge in [-0.05, 0) is 30.6 Å². The van der Waals surface area contributed by atoms with Gasteiger partial charge < -0.3 is 10.1 Å². The van der Waals surface area contributed by atoms with Gasteiger partial charge in [0, 0.05) is 13.0 Å². The first kappa shape index (κ1) is 18.3. The fourth-order valence-electron chi connectivity index (χ4n) is 3.28. The minimum atomic E-state index is -2.48. The molecule has 1 amide bonds. The van der Waals surface area contributed by atoms with Crippen molar-refractivity contribution in [3.05, 3.63) is 0 Å². The van der Waals surface area contributed by atoms with E-state index in [-0.39, 0.29) is 38.5 Å². The molecule has 2 rings (SSSR count). The van der Waals surface area contributed by atoms with Crippen molar-refractivity contribution in [1.82, 2.24) is 5.32 Å². The first-order valence-corrected chi connectivity index (χ1v) is 7.53. The van der Waals surface area contributed by atoms with Crippen LogP contribution < -0.4 is 5.32 Å². The van der Waals surface area contributed by atoms with Gasteiger partial charge in [-0.1, -0.05) is 27.2 Å². The van der Waals surface area contributed by atoms with E-state index >= 15 is 0 Å². The molecule has 1 saturated heterocycles. The summed E-state index contributed by atoms with van der Waals surface area (Å²) in [6.07, 6.45) is 2.46. The minimum Gasteiger partial charge on any atom is -0.459 e. The normalized spacial score (nSPS) is 36.0. The third-order valence-corrected chi connectivity index (χ3v) is 4.66. The van der Waals surface area contributed by atoms with Crippen LogP contribution in [0.3, 0.4) is 0 Å². The Morgan fingerprint density at radius 2 is 2.10 bits per heavy atom. The van der Waals surface area contributed by atoms with E-state index in [1.54, 1.807) is 0 Å². The molecule has 0 aromatic heterocycles. The predicted octanol–water partition coefficient (Wildman–Crippen LogP) is 2.33. The van der Waals surface area contributed by atoms with Crippen molar-refractivity contribution < 1.29 is 18.7 Å². The van der Waals surface area contributed by atoms with Crippen LogP contribution in [0.5, 0.6) is 0 Å². The molecule has 2 fully saturated rings. The lowest BCUT2D eigenvalue weighted by Crippen LogP contribution is -2.46. The van der Waals surface area contributed by atoms with E-state index in [2.05, 4.69) is 26.1 Å². The van der Waals surface area contributed by atoms with Gasteiger partial charge in [0.15, 0.2) is 0 Å². The maximum atomic E-state index is 14.4. The zero-order valence-electron chi connectivity index (χ0n) is 12.9. The Labute approximate surface area is 132 Å². The molecule has 1 aliphatic heterocycles. The predicted molar refractivity (Wildman–Crippen MR) is 83.1 cm³/mol. The largest absolute Gasteiger partial charge is 0.459 e. The number of halogens is 1. The summed E-state index contributed by atoms with van der Waals surface area (Å²) < 4.78 is 19.8. The summed E-state index contributed by atoms with van der Waals surface area (Å²) >= 11 is 0. The van der Waals surface area contributed by atoms with Gasteiger partial charge in [-0.3, -0.25) is 4.79 Å². The van der Waals surface area contributed by atoms with Crippen molar-refractivity contribution in [2.75, 3.05) is 6.54 Å². The third-order valence-electron chi connectivity index (χ3n) is 4.66. The van der Waals surface area contributed by atoms with E-state index in [0.29, 0.717) is 11.8 Å². The van der Waals surface area contributed by atoms with Crippen molar-refractivity contribution >= 4 is 25.4 Å². The van der Waals surface area contributed by atoms with Crippen LogP contribution in [0.2, 0.25) is 0 Å². The second kappa shape index (κ2) is 6.99. The average Bonchev–Trinajstić information content (AvgIpc) is 2.70. The Morgan fingerprint density at radius 3 is 2.62 bits per heavy atom. The van der Waals surface area contributed by atoms with E-state index in [9.17, 15) is 14.0 Å². The van der Waals surface area contributed by atoms with Crippen molar-refractivity contribution in [2.45, 2.75) is 58.2 Å². The summed E-state index contributed by atoms with van der Waals surface area (Å²) in [6.45, 7) is 6.49. The Morgan fingerprint density at radius 1 is 1.43 bits per heavy atom. The number of hydrogen-bond donors (Lipinski definition) is 1. The van der Waals surface area contributed by atoms with Crippen LogP contribution >= 0.6 is 13.5 Å². The number of nitrogens with one attached hydrogen (secondary N) is 1. The molecule has 1 N–H and O–H groups in total. The molecule has 0 bridgehead atoms. The maximum Gasteiger partial charge on any atom is 0.354 e. The first-order chi connectivity index (χ1) is 9.34. The summed E-state index contributed by atoms with van der Waals surface area (Å²) in [5.74, 6) is -0.753. The molecule has 2 aliphatic rings. The fourth-order valence-corrected chi connectivity index (χ4v) is 3.28. The molecule has 0 radical (unpaired) electrons. The Bertz CT molecular complexity index is 404. The highest BCUT2D eigenvalue weighted by atomic mass is 32.1. The lowest BCUT2D eigenvalue weighted by atomic mass is 9.75. The molecule has 4 atom stereocenters. The number of alkyl halides is 1. The second-order valence-electron chi connectivity index (χ2n) is 6.58. The zero-order chi connectivity index (χ0) is 14.9. The van der Waals surface area contributed by atoms with Crippen LogP contribution in [0.15, 0.2) is 0 Å². The van der Waals surface area contributed by atoms with Crippen molar-refractivity contribution in [1.29, 1.82) is 0 Å². The number of hydrogen-bond acceptors (Lipinski definition) is 3. The van der Waals surface area contributed by atoms with Crippen molar-refractivity contribution in [3.8, 4) is 0 Å². The molecule has 1 saturated carbocycles. The van der Waals surface area contributed by atoms with Crippen LogP contribution in [0.25, 0.3) is 0 Å². The molecule has 0 unspecified atom stereocenters. The highest BCUT2D eigenvalue weighted by Gasteiger charge is 2.52. The smallest absolute Gasteiger partial charge is 0.354 e. The number of carbonyl (C=O) groups excluding carboxylic acids is 2. The molecule has 122 valence electrons. The van der Waals surface area contributed by atoms with E-state index in [1.165, 1.54) is 0 Å². The number of esters is 1. The first-order valence-electron chi connectivity index (χ1n) is 7.53. The van der Waals surface area contributed by atoms with Gasteiger partial charge in [0.2, 0.25) is 0 Å². The highest BCUT2D eigenvalue weighted by molar-refractivity contribution is 7.59. The van der Waals surface area contributed by atoms with Crippen LogP contribution in [0.1, 0.15) is 46.5 Å². The Kier molecular flexibility index (Phi) is 6.08. The summed E-state index contributed by atoms with van der Waals surface area (Å²) in [5, 5.41) is 2.36. The molecule has 6 heteroatoms. The molecule has 21 heavy (non-hydrogen) atoms. The quantitative estimate of drug-likeness (QED) is 0.642. The Balaban J connectivity index is 0.00000220. The zero-order valence-corrected chi connectivity index (χ0v) is 13.9. The summed E-state index contributed by atoms with van der Waals surface area (Å²) in [6, 6.07) is 0. The lowest BCUT2D eigenvalue weighted by molar-refractivity contribution is -0.172. The van der Waals surface area contributed by atoms with Gasteiger partial charge in [0.05, 0.1) is 0 Å². The van der Waals surface area contributed by atoms with Crippen molar-refractivity contribution in [3.63, 3.8) is 0 Å². The van der Waals surface area contributed by atoms with E-state index in [1.807, 2.05) is 0 Å². The van der Waals surface area contributed by atoms with E-state index in [4.69, 9.17) is 4.74 Å². The van der Waals surface area contributed by atoms with E-state index < -0.39 is 17.5 Å². The van der Waals surface area contributed by atoms with Crippen LogP contribution in [-0.2, 0) is 14.3 Å². The monoisotopic (exact) mass is 319 g/mol. The number of amides is 1. The lowest BCUT2D eigenvalue weighted by Gasteiger charge is -2.37. The highest BCUT2D eigenvalue weighted by Crippen LogP contribution is 2.36. The SMILES string of the molecule is CC(C)[C@H]1CC[C@H](C)C[C@@H]1OC(=O)[C@]1(F)CCNC1=O.S. The molecule has 4 nitrogen and oxygen atoms in total. The minimum absolute atomic E-state index is 0. The van der Waals surface area contributed by atoms with Crippen LogP contribution in [0.4, 0.5) is 4.39 Å². The molecule has 1 heterocycles. The number of ether oxygens (including phenoxy) is 1. The maximum absolute atomic E-state index is 14.4. The van der Waals surface area contributed by atoms with Gasteiger partial charge >= 0.3 is 5.97 Å². The number of rotatable bonds is 3. The summed E-state index contributed by atoms with van der Waals surface area (Å²) in [7, 11) is 0. The standard InChI is InChI=1S/C15H24FNO3.H2S/c1-9(2)11-5-4-10(3)8-12(11)20-14(19)15(16)6-7-17-13(15)18;/h9-12H,4-8H2,1-3H3,(H,17,18);1H2/t10-,11+,12-,15-;/m0./s1. The second-order valence-corrected chi connectivity index (χ2v) is 6.58. The summed E-state index contributed by atoms with van der Waals surface area (Å²) in [4.78, 5) is 23.5. The van der Waals surface area contributed by atoms with Gasteiger partial charge in [-0.15, -0.1) is 0 Å². The van der Waals surface area contributed by atoms with Gasteiger partial charge in [0.1, 0.15) is 6.10 Å². The molecule has 0 spiro atoms. The molecule has 1 aliphatic carbocycles. The van der Waals surface area contributed by atoms with Gasteiger partial charge in [0.25, 0.3) is 11.6 Å². The van der Waals surface area contributed by atoms with Gasteiger partial charge in [-0.25, -0.2) is 9.18 Å². The topological polar surface area (TPSA) is 55.4 Å². The number of carbonyl (C=O) groups is 2. The molecule has 0 aromatic rings. The molecular formula is C15H26FNO3S.